The molecule has 0 spiro atoms. The Bertz CT molecular complexity index is 574. The number of aromatic nitrogens is 2. The first-order valence-electron chi connectivity index (χ1n) is 6.29. The molecule has 0 amide bonds. The van der Waals surface area contributed by atoms with Gasteiger partial charge >= 0.3 is 0 Å². The summed E-state index contributed by atoms with van der Waals surface area (Å²) in [6.45, 7) is 0. The molecule has 0 bridgehead atoms. The zero-order chi connectivity index (χ0) is 12.5. The molecular formula is C14H17N3O. The number of methoxy groups -OCH3 is 1. The molecule has 94 valence electrons. The molecule has 0 fully saturated rings. The van der Waals surface area contributed by atoms with Gasteiger partial charge in [0.25, 0.3) is 0 Å². The van der Waals surface area contributed by atoms with E-state index in [1.54, 1.807) is 7.11 Å². The predicted octanol–water partition coefficient (Wildman–Crippen LogP) is 2.34. The average Bonchev–Trinajstić information content (AvgIpc) is 2.83. The number of para-hydroxylation sites is 1. The Morgan fingerprint density at radius 2 is 2.11 bits per heavy atom. The smallest absolute Gasteiger partial charge is 0.143 e. The lowest BCUT2D eigenvalue weighted by Gasteiger charge is -2.16. The van der Waals surface area contributed by atoms with Crippen molar-refractivity contribution in [2.45, 2.75) is 25.7 Å². The van der Waals surface area contributed by atoms with Crippen molar-refractivity contribution in [3.63, 3.8) is 0 Å². The second-order valence-electron chi connectivity index (χ2n) is 4.61. The van der Waals surface area contributed by atoms with Crippen LogP contribution < -0.4 is 10.5 Å². The van der Waals surface area contributed by atoms with Crippen LogP contribution >= 0.6 is 0 Å². The van der Waals surface area contributed by atoms with Gasteiger partial charge in [0.1, 0.15) is 5.75 Å². The lowest BCUT2D eigenvalue weighted by molar-refractivity contribution is 0.417. The molecule has 1 aliphatic carbocycles. The fraction of sp³-hybridized carbons (Fsp3) is 0.357. The van der Waals surface area contributed by atoms with E-state index in [9.17, 15) is 0 Å². The molecule has 0 saturated heterocycles. The van der Waals surface area contributed by atoms with Gasteiger partial charge in [-0.2, -0.15) is 0 Å². The monoisotopic (exact) mass is 243 g/mol. The minimum atomic E-state index is 0.672. The fourth-order valence-electron chi connectivity index (χ4n) is 2.60. The highest BCUT2D eigenvalue weighted by Gasteiger charge is 2.17. The van der Waals surface area contributed by atoms with Crippen molar-refractivity contribution >= 4 is 5.69 Å². The maximum atomic E-state index is 6.14. The van der Waals surface area contributed by atoms with Crippen LogP contribution in [0.4, 0.5) is 5.69 Å². The lowest BCUT2D eigenvalue weighted by atomic mass is 10.0. The normalized spacial score (nSPS) is 14.3. The third kappa shape index (κ3) is 1.65. The van der Waals surface area contributed by atoms with E-state index < -0.39 is 0 Å². The number of imidazole rings is 1. The first kappa shape index (κ1) is 11.1. The summed E-state index contributed by atoms with van der Waals surface area (Å²) < 4.78 is 7.37. The zero-order valence-electron chi connectivity index (χ0n) is 10.5. The highest BCUT2D eigenvalue weighted by Crippen LogP contribution is 2.31. The van der Waals surface area contributed by atoms with Crippen molar-refractivity contribution in [2.24, 2.45) is 0 Å². The number of fused-ring (bicyclic) bond motifs is 1. The van der Waals surface area contributed by atoms with Crippen molar-refractivity contribution in [1.29, 1.82) is 0 Å². The number of nitrogens with two attached hydrogens (primary N) is 1. The van der Waals surface area contributed by atoms with Crippen LogP contribution in [0.3, 0.4) is 0 Å². The molecule has 0 aliphatic heterocycles. The third-order valence-electron chi connectivity index (χ3n) is 3.55. The van der Waals surface area contributed by atoms with Crippen LogP contribution in [0.5, 0.6) is 5.75 Å². The van der Waals surface area contributed by atoms with Crippen LogP contribution in [0.2, 0.25) is 0 Å². The van der Waals surface area contributed by atoms with Gasteiger partial charge in [0, 0.05) is 5.69 Å². The number of hydrogen-bond acceptors (Lipinski definition) is 3. The third-order valence-corrected chi connectivity index (χ3v) is 3.55. The summed E-state index contributed by atoms with van der Waals surface area (Å²) in [5.41, 5.74) is 10.3. The van der Waals surface area contributed by atoms with Gasteiger partial charge in [-0.15, -0.1) is 0 Å². The second-order valence-corrected chi connectivity index (χ2v) is 4.61. The summed E-state index contributed by atoms with van der Waals surface area (Å²) in [6.07, 6.45) is 6.49. The van der Waals surface area contributed by atoms with Crippen molar-refractivity contribution < 1.29 is 4.74 Å². The molecule has 1 heterocycles. The van der Waals surface area contributed by atoms with Crippen LogP contribution in [0.15, 0.2) is 24.5 Å². The van der Waals surface area contributed by atoms with E-state index in [4.69, 9.17) is 10.5 Å². The largest absolute Gasteiger partial charge is 0.495 e. The molecule has 0 radical (unpaired) electrons. The van der Waals surface area contributed by atoms with Crippen molar-refractivity contribution in [3.05, 3.63) is 35.9 Å². The highest BCUT2D eigenvalue weighted by molar-refractivity contribution is 5.67. The number of benzene rings is 1. The van der Waals surface area contributed by atoms with Crippen LogP contribution in [0.25, 0.3) is 5.69 Å². The molecule has 4 nitrogen and oxygen atoms in total. The number of anilines is 1. The van der Waals surface area contributed by atoms with Crippen LogP contribution in [-0.2, 0) is 12.8 Å². The van der Waals surface area contributed by atoms with Crippen LogP contribution in [-0.4, -0.2) is 16.7 Å². The highest BCUT2D eigenvalue weighted by atomic mass is 16.5. The van der Waals surface area contributed by atoms with E-state index in [0.717, 1.165) is 18.5 Å². The summed E-state index contributed by atoms with van der Waals surface area (Å²) in [4.78, 5) is 4.50. The van der Waals surface area contributed by atoms with Gasteiger partial charge in [-0.25, -0.2) is 4.98 Å². The van der Waals surface area contributed by atoms with Gasteiger partial charge in [0.05, 0.1) is 30.5 Å². The van der Waals surface area contributed by atoms with E-state index >= 15 is 0 Å². The maximum absolute atomic E-state index is 6.14. The van der Waals surface area contributed by atoms with E-state index in [1.165, 1.54) is 24.2 Å². The van der Waals surface area contributed by atoms with Gasteiger partial charge in [0.15, 0.2) is 0 Å². The number of ether oxygens (including phenoxy) is 1. The van der Waals surface area contributed by atoms with Gasteiger partial charge in [-0.05, 0) is 37.8 Å². The molecule has 0 atom stereocenters. The zero-order valence-corrected chi connectivity index (χ0v) is 10.5. The average molecular weight is 243 g/mol. The Labute approximate surface area is 106 Å². The number of hydrogen-bond donors (Lipinski definition) is 1. The van der Waals surface area contributed by atoms with Crippen molar-refractivity contribution in [3.8, 4) is 11.4 Å². The van der Waals surface area contributed by atoms with Crippen molar-refractivity contribution in [1.82, 2.24) is 9.55 Å². The summed E-state index contributed by atoms with van der Waals surface area (Å²) in [5.74, 6) is 0.714. The molecule has 0 unspecified atom stereocenters. The van der Waals surface area contributed by atoms with Crippen LogP contribution in [0.1, 0.15) is 24.2 Å². The van der Waals surface area contributed by atoms with E-state index in [2.05, 4.69) is 9.55 Å². The minimum absolute atomic E-state index is 0.672. The first-order chi connectivity index (χ1) is 8.81. The van der Waals surface area contributed by atoms with Gasteiger partial charge < -0.3 is 15.0 Å². The lowest BCUT2D eigenvalue weighted by Crippen LogP contribution is -2.08. The molecule has 1 aliphatic rings. The second kappa shape index (κ2) is 4.37. The Kier molecular flexibility index (Phi) is 2.70. The number of nitrogens with zero attached hydrogens (tertiary/aromatic N) is 2. The predicted molar refractivity (Wildman–Crippen MR) is 71.2 cm³/mol. The quantitative estimate of drug-likeness (QED) is 0.824. The summed E-state index contributed by atoms with van der Waals surface area (Å²) in [7, 11) is 1.64. The molecule has 0 saturated carbocycles. The summed E-state index contributed by atoms with van der Waals surface area (Å²) >= 11 is 0. The molecule has 3 rings (SSSR count). The Balaban J connectivity index is 2.13. The molecular weight excluding hydrogens is 226 g/mol. The first-order valence-corrected chi connectivity index (χ1v) is 6.29. The SMILES string of the molecule is COc1cccc(-n2cnc3c2CCCC3)c1N. The molecule has 2 aromatic rings. The molecule has 2 N–H and O–H groups in total. The van der Waals surface area contributed by atoms with Gasteiger partial charge in [-0.3, -0.25) is 0 Å². The topological polar surface area (TPSA) is 53.1 Å². The standard InChI is InChI=1S/C14H17N3O/c1-18-13-8-4-7-12(14(13)15)17-9-16-10-5-2-3-6-11(10)17/h4,7-9H,2-3,5-6,15H2,1H3. The van der Waals surface area contributed by atoms with Crippen LogP contribution in [0, 0.1) is 0 Å². The van der Waals surface area contributed by atoms with Gasteiger partial charge in [-0.1, -0.05) is 6.07 Å². The maximum Gasteiger partial charge on any atom is 0.143 e. The Morgan fingerprint density at radius 1 is 1.28 bits per heavy atom. The Hall–Kier alpha value is -1.97. The molecule has 1 aromatic carbocycles. The number of aryl methyl sites for hydroxylation is 1. The summed E-state index contributed by atoms with van der Waals surface area (Å²) in [6, 6.07) is 5.84. The minimum Gasteiger partial charge on any atom is -0.495 e. The van der Waals surface area contributed by atoms with Gasteiger partial charge in [0.2, 0.25) is 0 Å². The Morgan fingerprint density at radius 3 is 2.94 bits per heavy atom. The summed E-state index contributed by atoms with van der Waals surface area (Å²) in [5, 5.41) is 0. The number of rotatable bonds is 2. The molecule has 4 heteroatoms. The molecule has 18 heavy (non-hydrogen) atoms. The van der Waals surface area contributed by atoms with Crippen molar-refractivity contribution in [2.75, 3.05) is 12.8 Å². The van der Waals surface area contributed by atoms with E-state index in [-0.39, 0.29) is 0 Å². The fourth-order valence-corrected chi connectivity index (χ4v) is 2.60. The van der Waals surface area contributed by atoms with E-state index in [1.807, 2.05) is 24.5 Å². The van der Waals surface area contributed by atoms with E-state index in [0.29, 0.717) is 11.4 Å². The number of nitrogen functional groups attached to an aromatic ring is 1. The molecule has 1 aromatic heterocycles.